The maximum absolute atomic E-state index is 13.3. The van der Waals surface area contributed by atoms with Crippen molar-refractivity contribution >= 4 is 29.1 Å². The fraction of sp³-hybridized carbons (Fsp3) is 0.263. The number of rotatable bonds is 4. The zero-order valence-electron chi connectivity index (χ0n) is 13.8. The lowest BCUT2D eigenvalue weighted by atomic mass is 10.1. The molecule has 130 valence electrons. The van der Waals surface area contributed by atoms with E-state index in [9.17, 15) is 14.0 Å². The molecule has 3 rings (SSSR count). The minimum atomic E-state index is -0.719. The average Bonchev–Trinajstić information content (AvgIpc) is 2.94. The summed E-state index contributed by atoms with van der Waals surface area (Å²) in [5, 5.41) is 2.97. The van der Waals surface area contributed by atoms with Gasteiger partial charge in [-0.15, -0.1) is 0 Å². The largest absolute Gasteiger partial charge is 0.351 e. The van der Waals surface area contributed by atoms with E-state index in [0.717, 1.165) is 11.3 Å². The molecule has 0 aromatic heterocycles. The predicted octanol–water partition coefficient (Wildman–Crippen LogP) is 3.46. The quantitative estimate of drug-likeness (QED) is 0.849. The van der Waals surface area contributed by atoms with E-state index < -0.39 is 11.7 Å². The van der Waals surface area contributed by atoms with Gasteiger partial charge in [0.25, 0.3) is 0 Å². The van der Waals surface area contributed by atoms with Crippen LogP contribution in [0, 0.1) is 18.7 Å². The molecule has 2 aromatic rings. The number of carbonyl (C=O) groups is 2. The lowest BCUT2D eigenvalue weighted by Crippen LogP contribution is -2.36. The molecule has 0 saturated carbocycles. The standard InChI is InChI=1S/C19H18ClFN2O2/c1-12-4-2-3-5-17(12)23-7-6-16(19(23)25)18(24)22-11-13-8-14(20)10-15(21)9-13/h2-5,8-10,16H,6-7,11H2,1H3,(H,22,24). The summed E-state index contributed by atoms with van der Waals surface area (Å²) >= 11 is 5.80. The van der Waals surface area contributed by atoms with E-state index in [0.29, 0.717) is 18.5 Å². The van der Waals surface area contributed by atoms with Crippen molar-refractivity contribution in [2.75, 3.05) is 11.4 Å². The van der Waals surface area contributed by atoms with E-state index in [1.165, 1.54) is 12.1 Å². The zero-order chi connectivity index (χ0) is 18.0. The zero-order valence-corrected chi connectivity index (χ0v) is 14.5. The Bertz CT molecular complexity index is 805. The van der Waals surface area contributed by atoms with Gasteiger partial charge in [0.1, 0.15) is 11.7 Å². The van der Waals surface area contributed by atoms with Crippen LogP contribution in [0.3, 0.4) is 0 Å². The smallest absolute Gasteiger partial charge is 0.239 e. The molecule has 2 aromatic carbocycles. The number of nitrogens with one attached hydrogen (secondary N) is 1. The van der Waals surface area contributed by atoms with Crippen molar-refractivity contribution in [1.29, 1.82) is 0 Å². The van der Waals surface area contributed by atoms with Gasteiger partial charge in [-0.3, -0.25) is 9.59 Å². The Kier molecular flexibility index (Phi) is 5.04. The van der Waals surface area contributed by atoms with E-state index in [2.05, 4.69) is 5.32 Å². The molecule has 4 nitrogen and oxygen atoms in total. The van der Waals surface area contributed by atoms with E-state index in [1.807, 2.05) is 31.2 Å². The van der Waals surface area contributed by atoms with E-state index >= 15 is 0 Å². The second-order valence-corrected chi connectivity index (χ2v) is 6.55. The second kappa shape index (κ2) is 7.23. The molecule has 1 atom stereocenters. The lowest BCUT2D eigenvalue weighted by Gasteiger charge is -2.19. The van der Waals surface area contributed by atoms with Crippen molar-refractivity contribution in [2.45, 2.75) is 19.9 Å². The van der Waals surface area contributed by atoms with Crippen molar-refractivity contribution in [2.24, 2.45) is 5.92 Å². The van der Waals surface area contributed by atoms with Gasteiger partial charge in [0.2, 0.25) is 11.8 Å². The van der Waals surface area contributed by atoms with Crippen LogP contribution in [0.1, 0.15) is 17.5 Å². The van der Waals surface area contributed by atoms with E-state index in [-0.39, 0.29) is 23.4 Å². The molecule has 6 heteroatoms. The number of amides is 2. The molecule has 1 saturated heterocycles. The second-order valence-electron chi connectivity index (χ2n) is 6.11. The van der Waals surface area contributed by atoms with E-state index in [4.69, 9.17) is 11.6 Å². The SMILES string of the molecule is Cc1ccccc1N1CCC(C(=O)NCc2cc(F)cc(Cl)c2)C1=O. The summed E-state index contributed by atoms with van der Waals surface area (Å²) in [5.41, 5.74) is 2.38. The first-order valence-electron chi connectivity index (χ1n) is 8.05. The van der Waals surface area contributed by atoms with E-state index in [1.54, 1.807) is 11.0 Å². The normalized spacial score (nSPS) is 17.0. The fourth-order valence-corrected chi connectivity index (χ4v) is 3.30. The highest BCUT2D eigenvalue weighted by molar-refractivity contribution is 6.30. The first-order chi connectivity index (χ1) is 12.0. The topological polar surface area (TPSA) is 49.4 Å². The average molecular weight is 361 g/mol. The monoisotopic (exact) mass is 360 g/mol. The number of benzene rings is 2. The summed E-state index contributed by atoms with van der Waals surface area (Å²) in [4.78, 5) is 26.6. The highest BCUT2D eigenvalue weighted by Gasteiger charge is 2.37. The lowest BCUT2D eigenvalue weighted by molar-refractivity contribution is -0.132. The minimum absolute atomic E-state index is 0.129. The molecule has 0 bridgehead atoms. The minimum Gasteiger partial charge on any atom is -0.351 e. The van der Waals surface area contributed by atoms with Crippen LogP contribution in [0.15, 0.2) is 42.5 Å². The van der Waals surface area contributed by atoms with Crippen LogP contribution < -0.4 is 10.2 Å². The molecule has 0 radical (unpaired) electrons. The molecule has 1 aliphatic heterocycles. The Hall–Kier alpha value is -2.40. The number of aryl methyl sites for hydroxylation is 1. The molecule has 1 heterocycles. The number of anilines is 1. The van der Waals surface area contributed by atoms with Gasteiger partial charge >= 0.3 is 0 Å². The van der Waals surface area contributed by atoms with Gasteiger partial charge in [-0.1, -0.05) is 29.8 Å². The predicted molar refractivity (Wildman–Crippen MR) is 94.9 cm³/mol. The number of halogens is 2. The third kappa shape index (κ3) is 3.82. The van der Waals surface area contributed by atoms with Crippen molar-refractivity contribution in [3.63, 3.8) is 0 Å². The summed E-state index contributed by atoms with van der Waals surface area (Å²) < 4.78 is 13.3. The van der Waals surface area contributed by atoms with Crippen molar-refractivity contribution in [3.05, 3.63) is 64.4 Å². The summed E-state index contributed by atoms with van der Waals surface area (Å²) in [6, 6.07) is 11.7. The molecule has 1 fully saturated rings. The van der Waals surface area contributed by atoms with Gasteiger partial charge in [-0.2, -0.15) is 0 Å². The summed E-state index contributed by atoms with van der Waals surface area (Å²) in [5.74, 6) is -1.73. The molecule has 25 heavy (non-hydrogen) atoms. The molecule has 0 spiro atoms. The Labute approximate surface area is 150 Å². The third-order valence-corrected chi connectivity index (χ3v) is 4.54. The Balaban J connectivity index is 1.65. The number of hydrogen-bond donors (Lipinski definition) is 1. The molecule has 2 amide bonds. The van der Waals surface area contributed by atoms with Crippen LogP contribution in [0.5, 0.6) is 0 Å². The van der Waals surface area contributed by atoms with Crippen LogP contribution in [0.2, 0.25) is 5.02 Å². The Morgan fingerprint density at radius 2 is 2.08 bits per heavy atom. The molecule has 1 unspecified atom stereocenters. The summed E-state index contributed by atoms with van der Waals surface area (Å²) in [7, 11) is 0. The van der Waals surface area contributed by atoms with Gasteiger partial charge < -0.3 is 10.2 Å². The highest BCUT2D eigenvalue weighted by Crippen LogP contribution is 2.28. The van der Waals surface area contributed by atoms with Gasteiger partial charge in [0.15, 0.2) is 0 Å². The fourth-order valence-electron chi connectivity index (χ4n) is 3.05. The molecular weight excluding hydrogens is 343 g/mol. The maximum atomic E-state index is 13.3. The maximum Gasteiger partial charge on any atom is 0.239 e. The molecule has 1 aliphatic rings. The van der Waals surface area contributed by atoms with Gasteiger partial charge in [0.05, 0.1) is 0 Å². The Morgan fingerprint density at radius 3 is 2.80 bits per heavy atom. The van der Waals surface area contributed by atoms with Crippen LogP contribution in [-0.4, -0.2) is 18.4 Å². The van der Waals surface area contributed by atoms with Crippen LogP contribution in [0.25, 0.3) is 0 Å². The number of carbonyl (C=O) groups excluding carboxylic acids is 2. The van der Waals surface area contributed by atoms with Crippen molar-refractivity contribution < 1.29 is 14.0 Å². The summed E-state index contributed by atoms with van der Waals surface area (Å²) in [6.07, 6.45) is 0.461. The molecular formula is C19H18ClFN2O2. The molecule has 0 aliphatic carbocycles. The Morgan fingerprint density at radius 1 is 1.32 bits per heavy atom. The first kappa shape index (κ1) is 17.4. The van der Waals surface area contributed by atoms with Crippen LogP contribution >= 0.6 is 11.6 Å². The van der Waals surface area contributed by atoms with Crippen LogP contribution in [-0.2, 0) is 16.1 Å². The third-order valence-electron chi connectivity index (χ3n) is 4.32. The summed E-state index contributed by atoms with van der Waals surface area (Å²) in [6.45, 7) is 2.57. The van der Waals surface area contributed by atoms with Gasteiger partial charge in [0, 0.05) is 23.8 Å². The first-order valence-corrected chi connectivity index (χ1v) is 8.43. The number of nitrogens with zero attached hydrogens (tertiary/aromatic N) is 1. The highest BCUT2D eigenvalue weighted by atomic mass is 35.5. The van der Waals surface area contributed by atoms with Gasteiger partial charge in [-0.05, 0) is 48.7 Å². The van der Waals surface area contributed by atoms with Crippen molar-refractivity contribution in [1.82, 2.24) is 5.32 Å². The number of para-hydroxylation sites is 1. The van der Waals surface area contributed by atoms with Crippen molar-refractivity contribution in [3.8, 4) is 0 Å². The van der Waals surface area contributed by atoms with Crippen LogP contribution in [0.4, 0.5) is 10.1 Å². The number of hydrogen-bond acceptors (Lipinski definition) is 2. The van der Waals surface area contributed by atoms with Gasteiger partial charge in [-0.25, -0.2) is 4.39 Å². The molecule has 1 N–H and O–H groups in total.